The lowest BCUT2D eigenvalue weighted by molar-refractivity contribution is 0.0955. The van der Waals surface area contributed by atoms with Gasteiger partial charge in [-0.05, 0) is 87.2 Å². The Bertz CT molecular complexity index is 1280. The van der Waals surface area contributed by atoms with Crippen LogP contribution in [0, 0.1) is 6.92 Å². The van der Waals surface area contributed by atoms with E-state index in [4.69, 9.17) is 4.74 Å². The number of nitrogens with zero attached hydrogens (tertiary/aromatic N) is 1. The quantitative estimate of drug-likeness (QED) is 0.268. The van der Waals surface area contributed by atoms with E-state index >= 15 is 0 Å². The van der Waals surface area contributed by atoms with E-state index in [1.165, 1.54) is 6.21 Å². The van der Waals surface area contributed by atoms with Crippen molar-refractivity contribution >= 4 is 38.8 Å². The van der Waals surface area contributed by atoms with Gasteiger partial charge in [0.15, 0.2) is 0 Å². The first kappa shape index (κ1) is 20.6. The third-order valence-electron chi connectivity index (χ3n) is 4.71. The van der Waals surface area contributed by atoms with Crippen molar-refractivity contribution < 1.29 is 14.6 Å². The molecule has 0 aliphatic rings. The van der Waals surface area contributed by atoms with E-state index in [1.807, 2.05) is 42.5 Å². The SMILES string of the molecule is Cc1cc(/C=N/NC(=O)c2cccc(Oc3ccc4ccccc4c3)c2)cc(Br)c1O. The zero-order valence-electron chi connectivity index (χ0n) is 16.7. The molecule has 0 atom stereocenters. The molecular formula is C25H19BrN2O3. The summed E-state index contributed by atoms with van der Waals surface area (Å²) in [5.74, 6) is 1.09. The zero-order chi connectivity index (χ0) is 21.8. The molecule has 4 aromatic carbocycles. The first-order valence-electron chi connectivity index (χ1n) is 9.59. The minimum absolute atomic E-state index is 0.185. The maximum absolute atomic E-state index is 12.5. The molecule has 4 aromatic rings. The molecule has 0 radical (unpaired) electrons. The highest BCUT2D eigenvalue weighted by Gasteiger charge is 2.07. The zero-order valence-corrected chi connectivity index (χ0v) is 18.3. The van der Waals surface area contributed by atoms with Crippen LogP contribution in [0.25, 0.3) is 10.8 Å². The summed E-state index contributed by atoms with van der Waals surface area (Å²) in [7, 11) is 0. The van der Waals surface area contributed by atoms with Gasteiger partial charge in [0.2, 0.25) is 0 Å². The molecule has 6 heteroatoms. The van der Waals surface area contributed by atoms with Gasteiger partial charge in [-0.1, -0.05) is 36.4 Å². The molecule has 0 saturated carbocycles. The molecule has 0 saturated heterocycles. The fraction of sp³-hybridized carbons (Fsp3) is 0.0400. The highest BCUT2D eigenvalue weighted by molar-refractivity contribution is 9.10. The van der Waals surface area contributed by atoms with Gasteiger partial charge in [-0.25, -0.2) is 5.43 Å². The number of hydrogen-bond donors (Lipinski definition) is 2. The first-order valence-corrected chi connectivity index (χ1v) is 10.4. The number of amides is 1. The van der Waals surface area contributed by atoms with Crippen molar-refractivity contribution in [3.8, 4) is 17.2 Å². The van der Waals surface area contributed by atoms with Gasteiger partial charge >= 0.3 is 0 Å². The monoisotopic (exact) mass is 474 g/mol. The minimum Gasteiger partial charge on any atom is -0.506 e. The summed E-state index contributed by atoms with van der Waals surface area (Å²) >= 11 is 3.29. The number of carbonyl (C=O) groups excluding carboxylic acids is 1. The Kier molecular flexibility index (Phi) is 6.00. The summed E-state index contributed by atoms with van der Waals surface area (Å²) in [4.78, 5) is 12.5. The normalized spacial score (nSPS) is 11.0. The van der Waals surface area contributed by atoms with Crippen LogP contribution in [-0.2, 0) is 0 Å². The molecule has 5 nitrogen and oxygen atoms in total. The van der Waals surface area contributed by atoms with Gasteiger partial charge in [-0.3, -0.25) is 4.79 Å². The number of hydrogen-bond acceptors (Lipinski definition) is 4. The van der Waals surface area contributed by atoms with Gasteiger partial charge in [0.1, 0.15) is 17.2 Å². The van der Waals surface area contributed by atoms with Crippen LogP contribution in [0.2, 0.25) is 0 Å². The molecule has 31 heavy (non-hydrogen) atoms. The molecule has 0 fully saturated rings. The van der Waals surface area contributed by atoms with Gasteiger partial charge in [0.05, 0.1) is 10.7 Å². The Morgan fingerprint density at radius 1 is 0.968 bits per heavy atom. The number of nitrogens with one attached hydrogen (secondary N) is 1. The summed E-state index contributed by atoms with van der Waals surface area (Å²) in [5, 5.41) is 16.0. The Morgan fingerprint density at radius 3 is 2.55 bits per heavy atom. The number of carbonyl (C=O) groups is 1. The average molecular weight is 475 g/mol. The van der Waals surface area contributed by atoms with E-state index in [0.29, 0.717) is 27.1 Å². The lowest BCUT2D eigenvalue weighted by atomic mass is 10.1. The topological polar surface area (TPSA) is 70.9 Å². The molecule has 4 rings (SSSR count). The lowest BCUT2D eigenvalue weighted by Gasteiger charge is -2.08. The number of fused-ring (bicyclic) bond motifs is 1. The fourth-order valence-corrected chi connectivity index (χ4v) is 3.71. The second-order valence-electron chi connectivity index (χ2n) is 7.01. The van der Waals surface area contributed by atoms with E-state index < -0.39 is 0 Å². The van der Waals surface area contributed by atoms with Crippen LogP contribution in [0.5, 0.6) is 17.2 Å². The van der Waals surface area contributed by atoms with E-state index in [9.17, 15) is 9.90 Å². The average Bonchev–Trinajstić information content (AvgIpc) is 2.77. The lowest BCUT2D eigenvalue weighted by Crippen LogP contribution is -2.17. The largest absolute Gasteiger partial charge is 0.506 e. The number of ether oxygens (including phenoxy) is 1. The van der Waals surface area contributed by atoms with E-state index in [1.54, 1.807) is 43.3 Å². The predicted molar refractivity (Wildman–Crippen MR) is 126 cm³/mol. The molecule has 0 unspecified atom stereocenters. The number of benzene rings is 4. The first-order chi connectivity index (χ1) is 15.0. The maximum atomic E-state index is 12.5. The second-order valence-corrected chi connectivity index (χ2v) is 7.86. The van der Waals surface area contributed by atoms with Crippen molar-refractivity contribution in [1.29, 1.82) is 0 Å². The number of aromatic hydroxyl groups is 1. The van der Waals surface area contributed by atoms with E-state index in [-0.39, 0.29) is 11.7 Å². The van der Waals surface area contributed by atoms with Crippen molar-refractivity contribution in [3.63, 3.8) is 0 Å². The molecular weight excluding hydrogens is 456 g/mol. The van der Waals surface area contributed by atoms with Gasteiger partial charge in [-0.2, -0.15) is 5.10 Å². The number of phenolic OH excluding ortho intramolecular Hbond substituents is 1. The van der Waals surface area contributed by atoms with Gasteiger partial charge in [0.25, 0.3) is 5.91 Å². The van der Waals surface area contributed by atoms with Crippen LogP contribution in [0.15, 0.2) is 88.4 Å². The summed E-state index contributed by atoms with van der Waals surface area (Å²) in [6, 6.07) is 24.3. The predicted octanol–water partition coefficient (Wildman–Crippen LogP) is 6.17. The molecule has 0 heterocycles. The van der Waals surface area contributed by atoms with Crippen LogP contribution in [0.4, 0.5) is 0 Å². The minimum atomic E-state index is -0.352. The number of aryl methyl sites for hydroxylation is 1. The summed E-state index contributed by atoms with van der Waals surface area (Å²) in [5.41, 5.74) is 4.40. The fourth-order valence-electron chi connectivity index (χ4n) is 3.14. The smallest absolute Gasteiger partial charge is 0.271 e. The van der Waals surface area contributed by atoms with Gasteiger partial charge in [0, 0.05) is 5.56 Å². The molecule has 0 aliphatic carbocycles. The van der Waals surface area contributed by atoms with Gasteiger partial charge in [-0.15, -0.1) is 0 Å². The van der Waals surface area contributed by atoms with Crippen molar-refractivity contribution in [2.45, 2.75) is 6.92 Å². The molecule has 0 spiro atoms. The molecule has 0 bridgehead atoms. The van der Waals surface area contributed by atoms with Crippen molar-refractivity contribution in [1.82, 2.24) is 5.43 Å². The standard InChI is InChI=1S/C25H19BrN2O3/c1-16-11-17(12-23(26)24(16)29)15-27-28-25(30)20-7-4-8-21(14-20)31-22-10-9-18-5-2-3-6-19(18)13-22/h2-15,29H,1H3,(H,28,30)/b27-15+. The Morgan fingerprint density at radius 2 is 1.74 bits per heavy atom. The van der Waals surface area contributed by atoms with Crippen molar-refractivity contribution in [2.75, 3.05) is 0 Å². The Hall–Kier alpha value is -3.64. The van der Waals surface area contributed by atoms with Crippen LogP contribution in [0.3, 0.4) is 0 Å². The van der Waals surface area contributed by atoms with Crippen molar-refractivity contribution in [2.24, 2.45) is 5.10 Å². The van der Waals surface area contributed by atoms with Crippen LogP contribution < -0.4 is 10.2 Å². The third-order valence-corrected chi connectivity index (χ3v) is 5.31. The summed E-state index contributed by atoms with van der Waals surface area (Å²) in [6.45, 7) is 1.79. The van der Waals surface area contributed by atoms with Crippen LogP contribution in [-0.4, -0.2) is 17.2 Å². The Labute approximate surface area is 188 Å². The van der Waals surface area contributed by atoms with E-state index in [2.05, 4.69) is 26.5 Å². The van der Waals surface area contributed by atoms with E-state index in [0.717, 1.165) is 16.3 Å². The highest BCUT2D eigenvalue weighted by Crippen LogP contribution is 2.28. The summed E-state index contributed by atoms with van der Waals surface area (Å²) < 4.78 is 6.51. The summed E-state index contributed by atoms with van der Waals surface area (Å²) in [6.07, 6.45) is 1.52. The molecule has 154 valence electrons. The highest BCUT2D eigenvalue weighted by atomic mass is 79.9. The second kappa shape index (κ2) is 9.02. The third kappa shape index (κ3) is 4.92. The molecule has 0 aromatic heterocycles. The number of halogens is 1. The molecule has 0 aliphatic heterocycles. The Balaban J connectivity index is 1.45. The molecule has 1 amide bonds. The van der Waals surface area contributed by atoms with Crippen molar-refractivity contribution in [3.05, 3.63) is 100 Å². The van der Waals surface area contributed by atoms with Gasteiger partial charge < -0.3 is 9.84 Å². The number of phenols is 1. The molecule has 2 N–H and O–H groups in total. The number of rotatable bonds is 5. The number of hydrazone groups is 1. The maximum Gasteiger partial charge on any atom is 0.271 e. The van der Waals surface area contributed by atoms with Crippen LogP contribution >= 0.6 is 15.9 Å². The van der Waals surface area contributed by atoms with Crippen LogP contribution in [0.1, 0.15) is 21.5 Å².